The smallest absolute Gasteiger partial charge is 0.239 e. The van der Waals surface area contributed by atoms with Crippen molar-refractivity contribution in [3.05, 3.63) is 58.5 Å². The largest absolute Gasteiger partial charge is 0.348 e. The third-order valence-corrected chi connectivity index (χ3v) is 4.55. The minimum absolute atomic E-state index is 0.242. The molecule has 10 heteroatoms. The Morgan fingerprint density at radius 1 is 1.34 bits per heavy atom. The van der Waals surface area contributed by atoms with Gasteiger partial charge in [0.1, 0.15) is 0 Å². The normalized spacial score (nSPS) is 13.8. The fourth-order valence-corrected chi connectivity index (χ4v) is 2.91. The maximum Gasteiger partial charge on any atom is 0.239 e. The van der Waals surface area contributed by atoms with E-state index in [9.17, 15) is 9.59 Å². The fraction of sp³-hybridized carbons (Fsp3) is 0.421. The number of carbonyl (C=O) groups is 2. The first-order chi connectivity index (χ1) is 13.9. The second kappa shape index (κ2) is 10.4. The summed E-state index contributed by atoms with van der Waals surface area (Å²) >= 11 is 0. The number of Topliss-reactive ketones (excluding diaryl/α,β-unsaturated/α-hetero) is 1. The number of unbranched alkanes of at least 4 members (excludes halogenated alkanes) is 2. The molecule has 154 valence electrons. The number of aromatic nitrogens is 2. The molecule has 0 radical (unpaired) electrons. The van der Waals surface area contributed by atoms with Crippen molar-refractivity contribution in [3.8, 4) is 0 Å². The lowest BCUT2D eigenvalue weighted by atomic mass is 9.92. The first-order valence-corrected chi connectivity index (χ1v) is 9.43. The molecule has 2 aromatic rings. The number of amides is 1. The maximum absolute atomic E-state index is 13.1. The average molecular weight is 398 g/mol. The molecule has 1 heterocycles. The molecule has 2 rings (SSSR count). The molecule has 0 aliphatic rings. The molecule has 0 fully saturated rings. The lowest BCUT2D eigenvalue weighted by Crippen LogP contribution is -2.64. The summed E-state index contributed by atoms with van der Waals surface area (Å²) in [6.07, 6.45) is 6.09. The number of benzene rings is 1. The van der Waals surface area contributed by atoms with Gasteiger partial charge in [-0.15, -0.1) is 0 Å². The molecule has 0 aliphatic heterocycles. The summed E-state index contributed by atoms with van der Waals surface area (Å²) in [5.41, 5.74) is 20.7. The number of nitrogens with zero attached hydrogens (tertiary/aromatic N) is 4. The molecule has 0 bridgehead atoms. The molecule has 29 heavy (non-hydrogen) atoms. The zero-order chi connectivity index (χ0) is 21.3. The lowest BCUT2D eigenvalue weighted by Gasteiger charge is -2.30. The Balaban J connectivity index is 2.17. The molecule has 2 atom stereocenters. The highest BCUT2D eigenvalue weighted by Gasteiger charge is 2.37. The van der Waals surface area contributed by atoms with Gasteiger partial charge in [0, 0.05) is 34.5 Å². The van der Waals surface area contributed by atoms with Crippen molar-refractivity contribution in [3.63, 3.8) is 0 Å². The Morgan fingerprint density at radius 2 is 2.07 bits per heavy atom. The Kier molecular flexibility index (Phi) is 7.90. The van der Waals surface area contributed by atoms with Crippen molar-refractivity contribution in [1.82, 2.24) is 15.3 Å². The maximum atomic E-state index is 13.1. The third kappa shape index (κ3) is 6.15. The highest BCUT2D eigenvalue weighted by molar-refractivity contribution is 6.05. The van der Waals surface area contributed by atoms with E-state index >= 15 is 0 Å². The molecule has 0 aliphatic carbocycles. The van der Waals surface area contributed by atoms with Crippen LogP contribution in [0.4, 0.5) is 5.69 Å². The van der Waals surface area contributed by atoms with Gasteiger partial charge in [-0.05, 0) is 18.4 Å². The van der Waals surface area contributed by atoms with Crippen LogP contribution in [0.3, 0.4) is 0 Å². The van der Waals surface area contributed by atoms with E-state index in [1.807, 2.05) is 6.92 Å². The third-order valence-electron chi connectivity index (χ3n) is 4.55. The molecule has 1 amide bonds. The standard InChI is InChI=1S/C19H26N8O2/c1-2-3-4-9-19(21,17(28)13-5-7-14(8-6-13)26-27-22)25-18(29)16(20)10-15-11-23-12-24-15/h5-8,11-12,16H,2-4,9-10,20-21H2,1H3,(H,23,24)(H,25,29)/t16-,19?/m0/s1. The van der Waals surface area contributed by atoms with Crippen molar-refractivity contribution >= 4 is 17.4 Å². The van der Waals surface area contributed by atoms with Crippen molar-refractivity contribution in [2.24, 2.45) is 16.6 Å². The topological polar surface area (TPSA) is 176 Å². The minimum atomic E-state index is -1.59. The molecule has 1 aromatic heterocycles. The second-order valence-corrected chi connectivity index (χ2v) is 6.87. The van der Waals surface area contributed by atoms with Gasteiger partial charge in [0.2, 0.25) is 11.7 Å². The van der Waals surface area contributed by atoms with Crippen LogP contribution in [0.2, 0.25) is 0 Å². The van der Waals surface area contributed by atoms with Crippen LogP contribution >= 0.6 is 0 Å². The molecule has 10 nitrogen and oxygen atoms in total. The van der Waals surface area contributed by atoms with E-state index in [-0.39, 0.29) is 12.8 Å². The van der Waals surface area contributed by atoms with Gasteiger partial charge in [-0.25, -0.2) is 4.98 Å². The van der Waals surface area contributed by atoms with Gasteiger partial charge < -0.3 is 21.8 Å². The molecule has 6 N–H and O–H groups in total. The molecule has 1 aromatic carbocycles. The average Bonchev–Trinajstić information content (AvgIpc) is 3.21. The zero-order valence-corrected chi connectivity index (χ0v) is 16.3. The summed E-state index contributed by atoms with van der Waals surface area (Å²) in [6.45, 7) is 2.04. The number of azide groups is 1. The van der Waals surface area contributed by atoms with Gasteiger partial charge >= 0.3 is 0 Å². The monoisotopic (exact) mass is 398 g/mol. The van der Waals surface area contributed by atoms with E-state index in [1.54, 1.807) is 6.20 Å². The summed E-state index contributed by atoms with van der Waals surface area (Å²) < 4.78 is 0. The number of H-pyrrole nitrogens is 1. The summed E-state index contributed by atoms with van der Waals surface area (Å²) in [7, 11) is 0. The fourth-order valence-electron chi connectivity index (χ4n) is 2.91. The van der Waals surface area contributed by atoms with Crippen molar-refractivity contribution in [2.75, 3.05) is 0 Å². The first-order valence-electron chi connectivity index (χ1n) is 9.43. The van der Waals surface area contributed by atoms with Crippen LogP contribution in [0, 0.1) is 0 Å². The van der Waals surface area contributed by atoms with E-state index in [4.69, 9.17) is 17.0 Å². The van der Waals surface area contributed by atoms with Crippen LogP contribution in [-0.2, 0) is 11.2 Å². The Hall–Kier alpha value is -3.20. The molecule has 0 spiro atoms. The predicted octanol–water partition coefficient (Wildman–Crippen LogP) is 2.46. The number of aromatic amines is 1. The summed E-state index contributed by atoms with van der Waals surface area (Å²) in [4.78, 5) is 35.2. The second-order valence-electron chi connectivity index (χ2n) is 6.87. The summed E-state index contributed by atoms with van der Waals surface area (Å²) in [5, 5.41) is 6.13. The molecular weight excluding hydrogens is 372 g/mol. The number of rotatable bonds is 11. The quantitative estimate of drug-likeness (QED) is 0.113. The van der Waals surface area contributed by atoms with Crippen LogP contribution in [-0.4, -0.2) is 33.4 Å². The highest BCUT2D eigenvalue weighted by Crippen LogP contribution is 2.20. The van der Waals surface area contributed by atoms with Crippen LogP contribution in [0.25, 0.3) is 10.4 Å². The van der Waals surface area contributed by atoms with Crippen LogP contribution in [0.15, 0.2) is 41.9 Å². The lowest BCUT2D eigenvalue weighted by molar-refractivity contribution is -0.123. The summed E-state index contributed by atoms with van der Waals surface area (Å²) in [5.74, 6) is -0.944. The van der Waals surface area contributed by atoms with Gasteiger partial charge in [-0.3, -0.25) is 9.59 Å². The minimum Gasteiger partial charge on any atom is -0.348 e. The molecule has 0 saturated heterocycles. The van der Waals surface area contributed by atoms with Crippen molar-refractivity contribution < 1.29 is 9.59 Å². The zero-order valence-electron chi connectivity index (χ0n) is 16.3. The Bertz CT molecular complexity index is 859. The molecule has 0 saturated carbocycles. The van der Waals surface area contributed by atoms with Gasteiger partial charge in [0.25, 0.3) is 0 Å². The number of nitrogens with two attached hydrogens (primary N) is 2. The Labute approximate surface area is 168 Å². The summed E-state index contributed by atoms with van der Waals surface area (Å²) in [6, 6.07) is 5.19. The van der Waals surface area contributed by atoms with E-state index in [0.29, 0.717) is 23.4 Å². The number of imidazole rings is 1. The molecule has 1 unspecified atom stereocenters. The molecular formula is C19H26N8O2. The van der Waals surface area contributed by atoms with Crippen LogP contribution in [0.1, 0.15) is 48.7 Å². The van der Waals surface area contributed by atoms with Crippen molar-refractivity contribution in [1.29, 1.82) is 0 Å². The number of carbonyl (C=O) groups excluding carboxylic acids is 2. The van der Waals surface area contributed by atoms with Crippen molar-refractivity contribution in [2.45, 2.75) is 50.7 Å². The van der Waals surface area contributed by atoms with Gasteiger partial charge in [-0.2, -0.15) is 0 Å². The van der Waals surface area contributed by atoms with E-state index in [0.717, 1.165) is 12.8 Å². The van der Waals surface area contributed by atoms with E-state index < -0.39 is 23.4 Å². The Morgan fingerprint density at radius 3 is 2.66 bits per heavy atom. The van der Waals surface area contributed by atoms with Gasteiger partial charge in [-0.1, -0.05) is 49.1 Å². The number of ketones is 1. The van der Waals surface area contributed by atoms with E-state index in [2.05, 4.69) is 25.3 Å². The van der Waals surface area contributed by atoms with Gasteiger partial charge in [0.15, 0.2) is 5.66 Å². The predicted molar refractivity (Wildman–Crippen MR) is 109 cm³/mol. The van der Waals surface area contributed by atoms with Crippen LogP contribution in [0.5, 0.6) is 0 Å². The van der Waals surface area contributed by atoms with E-state index in [1.165, 1.54) is 30.6 Å². The number of hydrogen-bond donors (Lipinski definition) is 4. The SMILES string of the molecule is CCCCCC(N)(NC(=O)[C@@H](N)Cc1cnc[nH]1)C(=O)c1ccc(N=[N+]=[N-])cc1. The first kappa shape index (κ1) is 22.1. The van der Waals surface area contributed by atoms with Crippen LogP contribution < -0.4 is 16.8 Å². The number of nitrogens with one attached hydrogen (secondary N) is 2. The highest BCUT2D eigenvalue weighted by atomic mass is 16.2. The number of hydrogen-bond acceptors (Lipinski definition) is 6. The van der Waals surface area contributed by atoms with Gasteiger partial charge in [0.05, 0.1) is 12.4 Å².